The fourth-order valence-electron chi connectivity index (χ4n) is 1.06. The first-order valence-corrected chi connectivity index (χ1v) is 4.73. The number of ether oxygens (including phenoxy) is 1. The van der Waals surface area contributed by atoms with Crippen LogP contribution in [0.5, 0.6) is 5.75 Å². The molecule has 0 saturated heterocycles. The highest BCUT2D eigenvalue weighted by Crippen LogP contribution is 2.13. The van der Waals surface area contributed by atoms with Crippen LogP contribution in [0.25, 0.3) is 6.08 Å². The van der Waals surface area contributed by atoms with Gasteiger partial charge in [0, 0.05) is 6.08 Å². The lowest BCUT2D eigenvalue weighted by Crippen LogP contribution is -1.95. The number of nitriles is 1. The SMILES string of the molecule is N#CCCOc1ccc(C=CC(=O)O)cc1. The zero-order valence-electron chi connectivity index (χ0n) is 8.59. The van der Waals surface area contributed by atoms with Crippen LogP contribution < -0.4 is 4.74 Å². The second-order valence-corrected chi connectivity index (χ2v) is 3.00. The van der Waals surface area contributed by atoms with Gasteiger partial charge in [0.1, 0.15) is 12.4 Å². The molecular formula is C12H11NO3. The maximum atomic E-state index is 10.3. The van der Waals surface area contributed by atoms with Crippen LogP contribution in [0, 0.1) is 11.3 Å². The van der Waals surface area contributed by atoms with Crippen LogP contribution in [-0.4, -0.2) is 17.7 Å². The molecule has 0 fully saturated rings. The highest BCUT2D eigenvalue weighted by atomic mass is 16.5. The summed E-state index contributed by atoms with van der Waals surface area (Å²) in [5.41, 5.74) is 0.787. The Bertz CT molecular complexity index is 415. The zero-order chi connectivity index (χ0) is 11.8. The standard InChI is InChI=1S/C12H11NO3/c13-8-1-9-16-11-5-2-10(3-6-11)4-7-12(14)15/h2-7H,1,9H2,(H,14,15). The molecule has 4 nitrogen and oxygen atoms in total. The summed E-state index contributed by atoms with van der Waals surface area (Å²) < 4.78 is 5.26. The van der Waals surface area contributed by atoms with Crippen molar-refractivity contribution in [3.8, 4) is 11.8 Å². The first-order valence-electron chi connectivity index (χ1n) is 4.73. The molecule has 0 unspecified atom stereocenters. The van der Waals surface area contributed by atoms with Crippen molar-refractivity contribution in [2.75, 3.05) is 6.61 Å². The van der Waals surface area contributed by atoms with Gasteiger partial charge in [-0.2, -0.15) is 5.26 Å². The summed E-state index contributed by atoms with van der Waals surface area (Å²) in [6.45, 7) is 0.362. The lowest BCUT2D eigenvalue weighted by atomic mass is 10.2. The predicted octanol–water partition coefficient (Wildman–Crippen LogP) is 2.08. The van der Waals surface area contributed by atoms with Crippen molar-refractivity contribution in [1.29, 1.82) is 5.26 Å². The van der Waals surface area contributed by atoms with Gasteiger partial charge in [-0.3, -0.25) is 0 Å². The number of hydrogen-bond acceptors (Lipinski definition) is 3. The third-order valence-electron chi connectivity index (χ3n) is 1.78. The third-order valence-corrected chi connectivity index (χ3v) is 1.78. The van der Waals surface area contributed by atoms with Crippen LogP contribution in [0.1, 0.15) is 12.0 Å². The Kier molecular flexibility index (Phi) is 4.61. The Hall–Kier alpha value is -2.28. The molecule has 0 aliphatic carbocycles. The average Bonchev–Trinajstić information content (AvgIpc) is 2.28. The minimum atomic E-state index is -0.977. The van der Waals surface area contributed by atoms with E-state index < -0.39 is 5.97 Å². The van der Waals surface area contributed by atoms with Crippen molar-refractivity contribution in [1.82, 2.24) is 0 Å². The van der Waals surface area contributed by atoms with Crippen LogP contribution in [0.4, 0.5) is 0 Å². The molecule has 0 aromatic heterocycles. The van der Waals surface area contributed by atoms with Gasteiger partial charge < -0.3 is 9.84 Å². The number of nitrogens with zero attached hydrogens (tertiary/aromatic N) is 1. The fraction of sp³-hybridized carbons (Fsp3) is 0.167. The van der Waals surface area contributed by atoms with Gasteiger partial charge in [-0.1, -0.05) is 12.1 Å². The summed E-state index contributed by atoms with van der Waals surface area (Å²) in [6, 6.07) is 8.95. The summed E-state index contributed by atoms with van der Waals surface area (Å²) in [6.07, 6.45) is 2.92. The molecule has 82 valence electrons. The van der Waals surface area contributed by atoms with Gasteiger partial charge in [0.2, 0.25) is 0 Å². The molecule has 16 heavy (non-hydrogen) atoms. The van der Waals surface area contributed by atoms with Crippen LogP contribution in [-0.2, 0) is 4.79 Å². The summed E-state index contributed by atoms with van der Waals surface area (Å²) >= 11 is 0. The molecule has 0 bridgehead atoms. The second kappa shape index (κ2) is 6.25. The highest BCUT2D eigenvalue weighted by Gasteiger charge is 1.93. The van der Waals surface area contributed by atoms with E-state index in [9.17, 15) is 4.79 Å². The Balaban J connectivity index is 2.54. The Morgan fingerprint density at radius 3 is 2.69 bits per heavy atom. The van der Waals surface area contributed by atoms with Crippen LogP contribution in [0.2, 0.25) is 0 Å². The first kappa shape index (κ1) is 11.8. The molecule has 1 N–H and O–H groups in total. The number of rotatable bonds is 5. The summed E-state index contributed by atoms with van der Waals surface area (Å²) in [5, 5.41) is 16.7. The number of carboxylic acid groups (broad SMARTS) is 1. The quantitative estimate of drug-likeness (QED) is 0.605. The lowest BCUT2D eigenvalue weighted by molar-refractivity contribution is -0.131. The van der Waals surface area contributed by atoms with Crippen LogP contribution >= 0.6 is 0 Å². The van der Waals surface area contributed by atoms with Crippen molar-refractivity contribution in [3.63, 3.8) is 0 Å². The van der Waals surface area contributed by atoms with E-state index in [4.69, 9.17) is 15.1 Å². The normalized spacial score (nSPS) is 9.94. The zero-order valence-corrected chi connectivity index (χ0v) is 8.59. The van der Waals surface area contributed by atoms with Gasteiger partial charge in [0.25, 0.3) is 0 Å². The summed E-state index contributed by atoms with van der Waals surface area (Å²) in [7, 11) is 0. The maximum Gasteiger partial charge on any atom is 0.328 e. The average molecular weight is 217 g/mol. The van der Waals surface area contributed by atoms with Gasteiger partial charge in [-0.15, -0.1) is 0 Å². The Morgan fingerprint density at radius 2 is 2.12 bits per heavy atom. The van der Waals surface area contributed by atoms with Crippen molar-refractivity contribution in [2.24, 2.45) is 0 Å². The van der Waals surface area contributed by atoms with Gasteiger partial charge in [0.05, 0.1) is 12.5 Å². The van der Waals surface area contributed by atoms with Gasteiger partial charge >= 0.3 is 5.97 Å². The van der Waals surface area contributed by atoms with Crippen molar-refractivity contribution in [2.45, 2.75) is 6.42 Å². The molecule has 4 heteroatoms. The monoisotopic (exact) mass is 217 g/mol. The Morgan fingerprint density at radius 1 is 1.44 bits per heavy atom. The molecular weight excluding hydrogens is 206 g/mol. The van der Waals surface area contributed by atoms with Crippen molar-refractivity contribution in [3.05, 3.63) is 35.9 Å². The summed E-state index contributed by atoms with van der Waals surface area (Å²) in [4.78, 5) is 10.3. The van der Waals surface area contributed by atoms with Crippen LogP contribution in [0.3, 0.4) is 0 Å². The van der Waals surface area contributed by atoms with E-state index in [1.54, 1.807) is 24.3 Å². The van der Waals surface area contributed by atoms with E-state index >= 15 is 0 Å². The maximum absolute atomic E-state index is 10.3. The fourth-order valence-corrected chi connectivity index (χ4v) is 1.06. The molecule has 0 heterocycles. The largest absolute Gasteiger partial charge is 0.493 e. The van der Waals surface area contributed by atoms with Crippen LogP contribution in [0.15, 0.2) is 30.3 Å². The molecule has 0 amide bonds. The van der Waals surface area contributed by atoms with E-state index in [0.717, 1.165) is 11.6 Å². The van der Waals surface area contributed by atoms with E-state index in [-0.39, 0.29) is 0 Å². The van der Waals surface area contributed by atoms with Crippen molar-refractivity contribution < 1.29 is 14.6 Å². The summed E-state index contributed by atoms with van der Waals surface area (Å²) in [5.74, 6) is -0.308. The lowest BCUT2D eigenvalue weighted by Gasteiger charge is -2.03. The number of benzene rings is 1. The highest BCUT2D eigenvalue weighted by molar-refractivity contribution is 5.85. The Labute approximate surface area is 93.4 Å². The number of aliphatic carboxylic acids is 1. The van der Waals surface area contributed by atoms with Gasteiger partial charge in [0.15, 0.2) is 0 Å². The minimum absolute atomic E-state index is 0.348. The molecule has 1 aromatic rings. The molecule has 0 aliphatic heterocycles. The molecule has 0 aliphatic rings. The van der Waals surface area contributed by atoms with Crippen molar-refractivity contribution >= 4 is 12.0 Å². The third kappa shape index (κ3) is 4.29. The van der Waals surface area contributed by atoms with E-state index in [0.29, 0.717) is 18.8 Å². The first-order chi connectivity index (χ1) is 7.72. The van der Waals surface area contributed by atoms with Gasteiger partial charge in [-0.05, 0) is 23.8 Å². The predicted molar refractivity (Wildman–Crippen MR) is 58.8 cm³/mol. The molecule has 0 saturated carbocycles. The number of carboxylic acids is 1. The number of carbonyl (C=O) groups is 1. The molecule has 1 aromatic carbocycles. The molecule has 1 rings (SSSR count). The minimum Gasteiger partial charge on any atom is -0.493 e. The topological polar surface area (TPSA) is 70.3 Å². The van der Waals surface area contributed by atoms with Gasteiger partial charge in [-0.25, -0.2) is 4.79 Å². The second-order valence-electron chi connectivity index (χ2n) is 3.00. The number of hydrogen-bond donors (Lipinski definition) is 1. The molecule has 0 atom stereocenters. The smallest absolute Gasteiger partial charge is 0.328 e. The molecule has 0 radical (unpaired) electrons. The van der Waals surface area contributed by atoms with E-state index in [1.165, 1.54) is 6.08 Å². The molecule has 0 spiro atoms. The van der Waals surface area contributed by atoms with E-state index in [2.05, 4.69) is 0 Å². The van der Waals surface area contributed by atoms with E-state index in [1.807, 2.05) is 6.07 Å².